The fourth-order valence-electron chi connectivity index (χ4n) is 4.73. The second kappa shape index (κ2) is 40.3. The molecule has 0 rings (SSSR count). The largest absolute Gasteiger partial charge is 0.472 e. The Morgan fingerprint density at radius 2 is 0.982 bits per heavy atom. The first-order valence-corrected chi connectivity index (χ1v) is 21.9. The van der Waals surface area contributed by atoms with Crippen LogP contribution in [-0.2, 0) is 32.7 Å². The number of hydrogen-bond donors (Lipinski definition) is 2. The van der Waals surface area contributed by atoms with Gasteiger partial charge in [0.25, 0.3) is 0 Å². The zero-order valence-corrected chi connectivity index (χ0v) is 34.7. The molecule has 0 spiro atoms. The summed E-state index contributed by atoms with van der Waals surface area (Å²) in [6, 6.07) is 0. The molecule has 0 aromatic rings. The molecule has 0 aromatic carbocycles. The van der Waals surface area contributed by atoms with Gasteiger partial charge in [0.15, 0.2) is 6.10 Å². The Balaban J connectivity index is 4.37. The van der Waals surface area contributed by atoms with Crippen LogP contribution < -0.4 is 5.73 Å². The summed E-state index contributed by atoms with van der Waals surface area (Å²) in [7, 11) is -4.40. The SMILES string of the molecule is CCC=CCC=CCC=CCC=CCC=CCC=CCCC(=O)OC[C@H](COP(=O)(O)OCCN)OC(=O)CCCCCCCC=CCC=CCC=CCC. The normalized spacial score (nSPS) is 14.5. The zero-order chi connectivity index (χ0) is 40.3. The number of allylic oxidation sites excluding steroid dienone is 18. The van der Waals surface area contributed by atoms with E-state index < -0.39 is 32.5 Å². The first kappa shape index (κ1) is 51.7. The van der Waals surface area contributed by atoms with Gasteiger partial charge >= 0.3 is 19.8 Å². The number of ether oxygens (including phenoxy) is 2. The molecular weight excluding hydrogens is 713 g/mol. The molecule has 0 fully saturated rings. The van der Waals surface area contributed by atoms with Crippen LogP contribution in [0.25, 0.3) is 0 Å². The first-order valence-electron chi connectivity index (χ1n) is 20.4. The lowest BCUT2D eigenvalue weighted by molar-refractivity contribution is -0.161. The minimum atomic E-state index is -4.40. The molecule has 0 saturated carbocycles. The minimum Gasteiger partial charge on any atom is -0.462 e. The molecule has 2 atom stereocenters. The van der Waals surface area contributed by atoms with Gasteiger partial charge in [0.05, 0.1) is 13.2 Å². The molecule has 9 nitrogen and oxygen atoms in total. The number of hydrogen-bond acceptors (Lipinski definition) is 8. The average Bonchev–Trinajstić information content (AvgIpc) is 3.17. The molecule has 10 heteroatoms. The van der Waals surface area contributed by atoms with Crippen LogP contribution in [-0.4, -0.2) is 49.3 Å². The second-order valence-corrected chi connectivity index (χ2v) is 14.2. The van der Waals surface area contributed by atoms with Crippen molar-refractivity contribution in [2.75, 3.05) is 26.4 Å². The van der Waals surface area contributed by atoms with E-state index in [-0.39, 0.29) is 32.6 Å². The summed E-state index contributed by atoms with van der Waals surface area (Å²) < 4.78 is 32.6. The Morgan fingerprint density at radius 3 is 1.47 bits per heavy atom. The van der Waals surface area contributed by atoms with Crippen LogP contribution in [0.4, 0.5) is 0 Å². The van der Waals surface area contributed by atoms with E-state index in [2.05, 4.69) is 111 Å². The molecular formula is C45H72NO8P. The van der Waals surface area contributed by atoms with Crippen LogP contribution in [0.15, 0.2) is 109 Å². The number of phosphoric acid groups is 1. The van der Waals surface area contributed by atoms with Gasteiger partial charge in [-0.3, -0.25) is 18.6 Å². The average molecular weight is 786 g/mol. The van der Waals surface area contributed by atoms with Gasteiger partial charge in [0, 0.05) is 19.4 Å². The van der Waals surface area contributed by atoms with E-state index in [4.69, 9.17) is 24.3 Å². The maximum atomic E-state index is 12.5. The van der Waals surface area contributed by atoms with E-state index >= 15 is 0 Å². The molecule has 0 aromatic heterocycles. The van der Waals surface area contributed by atoms with Crippen molar-refractivity contribution in [3.63, 3.8) is 0 Å². The summed E-state index contributed by atoms with van der Waals surface area (Å²) in [6.45, 7) is 3.36. The second-order valence-electron chi connectivity index (χ2n) is 12.7. The van der Waals surface area contributed by atoms with Gasteiger partial charge < -0.3 is 20.1 Å². The fraction of sp³-hybridized carbons (Fsp3) is 0.556. The van der Waals surface area contributed by atoms with Crippen molar-refractivity contribution in [1.29, 1.82) is 0 Å². The van der Waals surface area contributed by atoms with E-state index in [1.165, 1.54) is 0 Å². The van der Waals surface area contributed by atoms with Gasteiger partial charge in [0.1, 0.15) is 6.61 Å². The summed E-state index contributed by atoms with van der Waals surface area (Å²) >= 11 is 0. The molecule has 0 amide bonds. The quantitative estimate of drug-likeness (QED) is 0.0275. The fourth-order valence-corrected chi connectivity index (χ4v) is 5.50. The number of carbonyl (C=O) groups is 2. The van der Waals surface area contributed by atoms with Crippen LogP contribution in [0, 0.1) is 0 Å². The smallest absolute Gasteiger partial charge is 0.462 e. The van der Waals surface area contributed by atoms with Crippen molar-refractivity contribution in [3.8, 4) is 0 Å². The van der Waals surface area contributed by atoms with E-state index in [9.17, 15) is 19.0 Å². The summed E-state index contributed by atoms with van der Waals surface area (Å²) in [5.41, 5.74) is 5.33. The van der Waals surface area contributed by atoms with Crippen molar-refractivity contribution in [2.45, 2.75) is 136 Å². The molecule has 0 bridgehead atoms. The standard InChI is InChI=1S/C45H72NO8P/c1-3-5-7-9-11-13-15-17-19-20-21-22-24-25-27-29-31-33-35-37-44(47)51-41-43(42-53-55(49,50)52-40-39-46)54-45(48)38-36-34-32-30-28-26-23-18-16-14-12-10-8-6-4-2/h5-8,11-14,17-19,21-23,25,27,31,33,43H,3-4,9-10,15-16,20,24,26,28-30,32,34-42,46H2,1-2H3,(H,49,50)/t43-/m1/s1. The van der Waals surface area contributed by atoms with Crippen molar-refractivity contribution >= 4 is 19.8 Å². The van der Waals surface area contributed by atoms with Crippen LogP contribution in [0.2, 0.25) is 0 Å². The molecule has 1 unspecified atom stereocenters. The lowest BCUT2D eigenvalue weighted by Crippen LogP contribution is -2.29. The summed E-state index contributed by atoms with van der Waals surface area (Å²) in [4.78, 5) is 34.8. The number of esters is 2. The lowest BCUT2D eigenvalue weighted by Gasteiger charge is -2.19. The Labute approximate surface area is 333 Å². The predicted octanol–water partition coefficient (Wildman–Crippen LogP) is 11.6. The highest BCUT2D eigenvalue weighted by Gasteiger charge is 2.25. The Hall–Kier alpha value is -3.33. The number of phosphoric ester groups is 1. The monoisotopic (exact) mass is 785 g/mol. The molecule has 0 heterocycles. The van der Waals surface area contributed by atoms with Crippen molar-refractivity contribution in [1.82, 2.24) is 0 Å². The van der Waals surface area contributed by atoms with Gasteiger partial charge in [-0.2, -0.15) is 0 Å². The van der Waals surface area contributed by atoms with Gasteiger partial charge in [0.2, 0.25) is 0 Å². The van der Waals surface area contributed by atoms with Crippen molar-refractivity contribution in [2.24, 2.45) is 5.73 Å². The zero-order valence-electron chi connectivity index (χ0n) is 33.9. The van der Waals surface area contributed by atoms with Gasteiger partial charge in [-0.25, -0.2) is 4.57 Å². The predicted molar refractivity (Wildman–Crippen MR) is 228 cm³/mol. The molecule has 0 aliphatic carbocycles. The molecule has 0 saturated heterocycles. The molecule has 310 valence electrons. The molecule has 55 heavy (non-hydrogen) atoms. The molecule has 0 aliphatic heterocycles. The van der Waals surface area contributed by atoms with Crippen LogP contribution in [0.3, 0.4) is 0 Å². The number of nitrogens with two attached hydrogens (primary N) is 1. The molecule has 0 aliphatic rings. The first-order chi connectivity index (χ1) is 26.8. The maximum Gasteiger partial charge on any atom is 0.472 e. The Morgan fingerprint density at radius 1 is 0.545 bits per heavy atom. The van der Waals surface area contributed by atoms with E-state index in [1.807, 2.05) is 12.2 Å². The van der Waals surface area contributed by atoms with Gasteiger partial charge in [-0.05, 0) is 83.5 Å². The summed E-state index contributed by atoms with van der Waals surface area (Å²) in [5, 5.41) is 0. The lowest BCUT2D eigenvalue weighted by atomic mass is 10.1. The topological polar surface area (TPSA) is 134 Å². The number of carbonyl (C=O) groups excluding carboxylic acids is 2. The van der Waals surface area contributed by atoms with Crippen LogP contribution in [0.5, 0.6) is 0 Å². The highest BCUT2D eigenvalue weighted by molar-refractivity contribution is 7.47. The maximum absolute atomic E-state index is 12.5. The van der Waals surface area contributed by atoms with Crippen molar-refractivity contribution < 1.29 is 37.6 Å². The third kappa shape index (κ3) is 40.2. The highest BCUT2D eigenvalue weighted by Crippen LogP contribution is 2.43. The third-order valence-electron chi connectivity index (χ3n) is 7.67. The van der Waals surface area contributed by atoms with Crippen LogP contribution >= 0.6 is 7.82 Å². The van der Waals surface area contributed by atoms with Crippen molar-refractivity contribution in [3.05, 3.63) is 109 Å². The number of unbranched alkanes of at least 4 members (excludes halogenated alkanes) is 5. The van der Waals surface area contributed by atoms with E-state index in [1.54, 1.807) is 0 Å². The Bertz CT molecular complexity index is 1260. The third-order valence-corrected chi connectivity index (χ3v) is 8.65. The number of rotatable bonds is 36. The van der Waals surface area contributed by atoms with Crippen LogP contribution in [0.1, 0.15) is 129 Å². The molecule has 0 radical (unpaired) electrons. The summed E-state index contributed by atoms with van der Waals surface area (Å²) in [5.74, 6) is -0.960. The highest BCUT2D eigenvalue weighted by atomic mass is 31.2. The minimum absolute atomic E-state index is 0.0342. The van der Waals surface area contributed by atoms with E-state index in [0.717, 1.165) is 89.9 Å². The van der Waals surface area contributed by atoms with E-state index in [0.29, 0.717) is 12.8 Å². The molecule has 3 N–H and O–H groups in total. The summed E-state index contributed by atoms with van der Waals surface area (Å²) in [6.07, 6.45) is 52.8. The Kier molecular flexibility index (Phi) is 37.9. The van der Waals surface area contributed by atoms with Gasteiger partial charge in [-0.15, -0.1) is 0 Å². The van der Waals surface area contributed by atoms with Gasteiger partial charge in [-0.1, -0.05) is 142 Å².